The Morgan fingerprint density at radius 1 is 0.526 bits per heavy atom. The molecule has 38 heavy (non-hydrogen) atoms. The van der Waals surface area contributed by atoms with Crippen molar-refractivity contribution in [3.63, 3.8) is 0 Å². The van der Waals surface area contributed by atoms with Crippen molar-refractivity contribution in [3.8, 4) is 142 Å². The van der Waals surface area contributed by atoms with Gasteiger partial charge >= 0.3 is 0 Å². The summed E-state index contributed by atoms with van der Waals surface area (Å²) in [6.45, 7) is 0. The van der Waals surface area contributed by atoms with E-state index in [1.54, 1.807) is 36.4 Å². The molecule has 0 saturated carbocycles. The molecule has 0 aliphatic carbocycles. The van der Waals surface area contributed by atoms with Crippen LogP contribution >= 0.6 is 11.6 Å². The number of terminal acetylenes is 1. The molecule has 0 radical (unpaired) electrons. The predicted octanol–water partition coefficient (Wildman–Crippen LogP) is 3.72. The average molecular weight is 499 g/mol. The molecule has 0 saturated heterocycles. The van der Waals surface area contributed by atoms with Gasteiger partial charge in [-0.3, -0.25) is 0 Å². The molecule has 0 aliphatic heterocycles. The van der Waals surface area contributed by atoms with Crippen molar-refractivity contribution in [2.24, 2.45) is 0 Å². The van der Waals surface area contributed by atoms with Gasteiger partial charge in [-0.1, -0.05) is 24.3 Å². The van der Waals surface area contributed by atoms with E-state index in [1.165, 1.54) is 0 Å². The second-order valence-corrected chi connectivity index (χ2v) is 6.68. The third kappa shape index (κ3) is 12.1. The van der Waals surface area contributed by atoms with E-state index in [0.717, 1.165) is 11.1 Å². The molecule has 2 aromatic carbocycles. The van der Waals surface area contributed by atoms with Gasteiger partial charge in [0.05, 0.1) is 5.38 Å². The molecule has 0 bridgehead atoms. The number of benzene rings is 2. The first kappa shape index (κ1) is 27.7. The highest BCUT2D eigenvalue weighted by Gasteiger charge is 2.10. The molecule has 0 aliphatic rings. The van der Waals surface area contributed by atoms with E-state index in [9.17, 15) is 5.11 Å². The van der Waals surface area contributed by atoms with Gasteiger partial charge in [-0.25, -0.2) is 0 Å². The van der Waals surface area contributed by atoms with Crippen LogP contribution < -0.4 is 4.74 Å². The van der Waals surface area contributed by atoms with Crippen molar-refractivity contribution in [2.75, 3.05) is 0 Å². The third-order valence-electron chi connectivity index (χ3n) is 3.78. The van der Waals surface area contributed by atoms with Gasteiger partial charge in [-0.15, -0.1) is 18.0 Å². The zero-order valence-electron chi connectivity index (χ0n) is 19.5. The zero-order valence-corrected chi connectivity index (χ0v) is 20.3. The molecule has 2 rings (SSSR count). The highest BCUT2D eigenvalue weighted by Crippen LogP contribution is 2.30. The molecule has 1 N–H and O–H groups in total. The van der Waals surface area contributed by atoms with Crippen LogP contribution in [-0.4, -0.2) is 5.11 Å². The summed E-state index contributed by atoms with van der Waals surface area (Å²) in [5, 5.41) is 9.04. The first-order chi connectivity index (χ1) is 18.7. The number of hydrogen-bond donors (Lipinski definition) is 1. The number of alkyl halides is 1. The Morgan fingerprint density at radius 3 is 1.26 bits per heavy atom. The van der Waals surface area contributed by atoms with Crippen molar-refractivity contribution in [2.45, 2.75) is 5.38 Å². The first-order valence-corrected chi connectivity index (χ1v) is 10.8. The number of aromatic hydroxyl groups is 1. The Labute approximate surface area is 228 Å². The fraction of sp³-hybridized carbons (Fsp3) is 0.0286. The van der Waals surface area contributed by atoms with E-state index < -0.39 is 0 Å². The Hall–Kier alpha value is -6.51. The van der Waals surface area contributed by atoms with E-state index >= 15 is 0 Å². The lowest BCUT2D eigenvalue weighted by Gasteiger charge is -2.10. The van der Waals surface area contributed by atoms with E-state index in [0.29, 0.717) is 5.75 Å². The van der Waals surface area contributed by atoms with Crippen LogP contribution in [0.25, 0.3) is 0 Å². The summed E-state index contributed by atoms with van der Waals surface area (Å²) in [6.07, 6.45) is 7.42. The van der Waals surface area contributed by atoms with Gasteiger partial charge in [0.1, 0.15) is 17.6 Å². The fourth-order valence-corrected chi connectivity index (χ4v) is 2.51. The highest BCUT2D eigenvalue weighted by atomic mass is 35.5. The standard InChI is InChI=1S/C35H11ClO2/c1-2-3-4-5-6-7-8-9-10-11-12-13-14-15-16-17-18-19-20-21-30-38-34-28-24-32(25-29-34)35(36)31-22-26-33(37)27-23-31/h1,22-29,35,37H. The minimum Gasteiger partial charge on any atom is -0.508 e. The average Bonchev–Trinajstić information content (AvgIpc) is 2.94. The summed E-state index contributed by atoms with van der Waals surface area (Å²) >= 11 is 6.48. The highest BCUT2D eigenvalue weighted by molar-refractivity contribution is 6.22. The maximum atomic E-state index is 9.39. The van der Waals surface area contributed by atoms with Crippen LogP contribution in [0.2, 0.25) is 0 Å². The summed E-state index contributed by atoms with van der Waals surface area (Å²) in [5.74, 6) is 50.2. The van der Waals surface area contributed by atoms with Crippen LogP contribution in [-0.2, 0) is 0 Å². The number of phenols is 1. The summed E-state index contributed by atoms with van der Waals surface area (Å²) in [7, 11) is 0. The molecule has 0 amide bonds. The monoisotopic (exact) mass is 498 g/mol. The number of phenolic OH excluding ortho intramolecular Hbond substituents is 1. The molecule has 1 unspecified atom stereocenters. The minimum absolute atomic E-state index is 0.191. The fourth-order valence-electron chi connectivity index (χ4n) is 2.22. The van der Waals surface area contributed by atoms with Crippen LogP contribution in [0.1, 0.15) is 16.5 Å². The van der Waals surface area contributed by atoms with Gasteiger partial charge in [0.25, 0.3) is 0 Å². The number of hydrogen-bond acceptors (Lipinski definition) is 2. The number of rotatable bonds is 3. The molecular formula is C35H11ClO2. The van der Waals surface area contributed by atoms with Gasteiger partial charge in [-0.2, -0.15) is 0 Å². The smallest absolute Gasteiger partial charge is 0.140 e. The molecule has 0 aromatic heterocycles. The van der Waals surface area contributed by atoms with E-state index in [1.807, 2.05) is 12.1 Å². The van der Waals surface area contributed by atoms with Crippen LogP contribution in [0.5, 0.6) is 11.5 Å². The molecule has 170 valence electrons. The Bertz CT molecular complexity index is 1860. The summed E-state index contributed by atoms with van der Waals surface area (Å²) < 4.78 is 5.32. The number of halogens is 1. The normalized spacial score (nSPS) is 7.58. The zero-order chi connectivity index (χ0) is 27.1. The van der Waals surface area contributed by atoms with Gasteiger partial charge in [0, 0.05) is 71.0 Å². The summed E-state index contributed by atoms with van der Waals surface area (Å²) in [6, 6.07) is 13.9. The quantitative estimate of drug-likeness (QED) is 0.516. The second kappa shape index (κ2) is 17.9. The maximum absolute atomic E-state index is 9.39. The largest absolute Gasteiger partial charge is 0.508 e. The second-order valence-electron chi connectivity index (χ2n) is 6.25. The first-order valence-electron chi connectivity index (χ1n) is 10.4. The minimum atomic E-state index is -0.347. The predicted molar refractivity (Wildman–Crippen MR) is 149 cm³/mol. The lowest BCUT2D eigenvalue weighted by Crippen LogP contribution is -1.93. The van der Waals surface area contributed by atoms with Gasteiger partial charge in [-0.05, 0) is 82.8 Å². The summed E-state index contributed by atoms with van der Waals surface area (Å²) in [4.78, 5) is 0. The third-order valence-corrected chi connectivity index (χ3v) is 4.28. The maximum Gasteiger partial charge on any atom is 0.140 e. The van der Waals surface area contributed by atoms with Crippen molar-refractivity contribution in [1.29, 1.82) is 0 Å². The Balaban J connectivity index is 1.77. The van der Waals surface area contributed by atoms with Crippen molar-refractivity contribution < 1.29 is 9.84 Å². The van der Waals surface area contributed by atoms with E-state index in [4.69, 9.17) is 22.8 Å². The lowest BCUT2D eigenvalue weighted by atomic mass is 10.0. The number of ether oxygens (including phenoxy) is 1. The molecule has 2 nitrogen and oxygen atoms in total. The molecule has 1 atom stereocenters. The van der Waals surface area contributed by atoms with Gasteiger partial charge < -0.3 is 9.84 Å². The van der Waals surface area contributed by atoms with Crippen molar-refractivity contribution in [3.05, 3.63) is 59.7 Å². The van der Waals surface area contributed by atoms with Crippen LogP contribution in [0.4, 0.5) is 0 Å². The van der Waals surface area contributed by atoms with Crippen LogP contribution in [0.3, 0.4) is 0 Å². The Kier molecular flexibility index (Phi) is 13.1. The topological polar surface area (TPSA) is 29.5 Å². The molecule has 0 spiro atoms. The Morgan fingerprint density at radius 2 is 0.868 bits per heavy atom. The molecule has 0 fully saturated rings. The molecule has 2 aromatic rings. The molecule has 3 heteroatoms. The molecular weight excluding hydrogens is 488 g/mol. The van der Waals surface area contributed by atoms with Gasteiger partial charge in [0.2, 0.25) is 0 Å². The lowest BCUT2D eigenvalue weighted by molar-refractivity contribution is 0.475. The summed E-state index contributed by atoms with van der Waals surface area (Å²) in [5.41, 5.74) is 1.76. The van der Waals surface area contributed by atoms with E-state index in [-0.39, 0.29) is 11.1 Å². The SMILES string of the molecule is C#CC#CC#CC#CC#CC#CC#CC#CC#CC#CC#COc1ccc(C(Cl)c2ccc(O)cc2)cc1. The van der Waals surface area contributed by atoms with Crippen LogP contribution in [0.15, 0.2) is 48.5 Å². The van der Waals surface area contributed by atoms with Crippen LogP contribution in [0, 0.1) is 131 Å². The van der Waals surface area contributed by atoms with Crippen molar-refractivity contribution in [1.82, 2.24) is 0 Å². The van der Waals surface area contributed by atoms with Gasteiger partial charge in [0.15, 0.2) is 0 Å². The van der Waals surface area contributed by atoms with E-state index in [2.05, 4.69) is 125 Å². The molecule has 0 heterocycles. The van der Waals surface area contributed by atoms with Crippen molar-refractivity contribution >= 4 is 11.6 Å².